The van der Waals surface area contributed by atoms with Crippen molar-refractivity contribution in [2.24, 2.45) is 23.7 Å². The van der Waals surface area contributed by atoms with E-state index in [1.165, 1.54) is 109 Å². The summed E-state index contributed by atoms with van der Waals surface area (Å²) in [6.45, 7) is 14.4. The van der Waals surface area contributed by atoms with Crippen molar-refractivity contribution in [1.82, 2.24) is 0 Å². The van der Waals surface area contributed by atoms with Gasteiger partial charge in [-0.15, -0.1) is 0 Å². The van der Waals surface area contributed by atoms with Gasteiger partial charge in [-0.1, -0.05) is 151 Å². The lowest BCUT2D eigenvalue weighted by Gasteiger charge is -2.15. The van der Waals surface area contributed by atoms with Gasteiger partial charge in [0.25, 0.3) is 0 Å². The predicted octanol–water partition coefficient (Wildman–Crippen LogP) is 10.2. The summed E-state index contributed by atoms with van der Waals surface area (Å²) < 4.78 is 0. The Morgan fingerprint density at radius 3 is 1.11 bits per heavy atom. The fourth-order valence-electron chi connectivity index (χ4n) is 4.70. The molecule has 0 heterocycles. The SMILES string of the molecule is CCCC(C)CCCCCC(C)CCCCC(C)CCCCC(CC)CC. The van der Waals surface area contributed by atoms with Crippen LogP contribution < -0.4 is 0 Å². The summed E-state index contributed by atoms with van der Waals surface area (Å²) in [5.74, 6) is 3.84. The second-order valence-electron chi connectivity index (χ2n) is 9.99. The quantitative estimate of drug-likeness (QED) is 0.184. The third-order valence-electron chi connectivity index (χ3n) is 7.03. The van der Waals surface area contributed by atoms with Gasteiger partial charge in [0.05, 0.1) is 0 Å². The van der Waals surface area contributed by atoms with Crippen LogP contribution >= 0.6 is 0 Å². The summed E-state index contributed by atoms with van der Waals surface area (Å²) in [5.41, 5.74) is 0. The van der Waals surface area contributed by atoms with E-state index in [4.69, 9.17) is 0 Å². The maximum atomic E-state index is 2.49. The van der Waals surface area contributed by atoms with E-state index in [0.717, 1.165) is 23.7 Å². The molecular weight excluding hydrogens is 324 g/mol. The van der Waals surface area contributed by atoms with Crippen LogP contribution in [0.1, 0.15) is 151 Å². The first-order valence-corrected chi connectivity index (χ1v) is 13.0. The molecule has 0 aliphatic rings. The molecular formula is C27H56. The molecule has 0 radical (unpaired) electrons. The molecule has 164 valence electrons. The molecule has 0 saturated heterocycles. The molecule has 0 heteroatoms. The molecule has 0 N–H and O–H groups in total. The highest BCUT2D eigenvalue weighted by Crippen LogP contribution is 2.23. The number of hydrogen-bond donors (Lipinski definition) is 0. The Balaban J connectivity index is 3.44. The Morgan fingerprint density at radius 1 is 0.407 bits per heavy atom. The molecule has 0 aromatic heterocycles. The summed E-state index contributed by atoms with van der Waals surface area (Å²) in [6, 6.07) is 0. The zero-order valence-electron chi connectivity index (χ0n) is 20.3. The van der Waals surface area contributed by atoms with Crippen LogP contribution in [-0.4, -0.2) is 0 Å². The zero-order valence-corrected chi connectivity index (χ0v) is 20.3. The molecule has 0 fully saturated rings. The molecule has 3 unspecified atom stereocenters. The molecule has 0 aromatic rings. The van der Waals surface area contributed by atoms with Crippen LogP contribution in [0.15, 0.2) is 0 Å². The molecule has 0 spiro atoms. The first-order valence-electron chi connectivity index (χ1n) is 13.0. The minimum Gasteiger partial charge on any atom is -0.0654 e. The van der Waals surface area contributed by atoms with Gasteiger partial charge in [-0.25, -0.2) is 0 Å². The number of hydrogen-bond acceptors (Lipinski definition) is 0. The van der Waals surface area contributed by atoms with Crippen molar-refractivity contribution in [3.05, 3.63) is 0 Å². The summed E-state index contributed by atoms with van der Waals surface area (Å²) in [6.07, 6.45) is 24.6. The molecule has 0 aromatic carbocycles. The number of unbranched alkanes of at least 4 members (excludes halogenated alkanes) is 4. The summed E-state index contributed by atoms with van der Waals surface area (Å²) in [5, 5.41) is 0. The van der Waals surface area contributed by atoms with E-state index in [1.807, 2.05) is 0 Å². The Kier molecular flexibility index (Phi) is 19.3. The van der Waals surface area contributed by atoms with Gasteiger partial charge in [-0.05, 0) is 23.7 Å². The van der Waals surface area contributed by atoms with E-state index < -0.39 is 0 Å². The molecule has 0 aliphatic carbocycles. The van der Waals surface area contributed by atoms with Crippen molar-refractivity contribution in [2.75, 3.05) is 0 Å². The normalized spacial score (nSPS) is 15.2. The summed E-state index contributed by atoms with van der Waals surface area (Å²) in [4.78, 5) is 0. The molecule has 0 rings (SSSR count). The summed E-state index contributed by atoms with van der Waals surface area (Å²) >= 11 is 0. The van der Waals surface area contributed by atoms with Crippen LogP contribution in [0.2, 0.25) is 0 Å². The van der Waals surface area contributed by atoms with E-state index in [1.54, 1.807) is 0 Å². The Labute approximate surface area is 174 Å². The van der Waals surface area contributed by atoms with E-state index in [2.05, 4.69) is 41.5 Å². The Morgan fingerprint density at radius 2 is 0.741 bits per heavy atom. The van der Waals surface area contributed by atoms with Gasteiger partial charge in [0.15, 0.2) is 0 Å². The fraction of sp³-hybridized carbons (Fsp3) is 1.00. The van der Waals surface area contributed by atoms with Crippen LogP contribution in [0.4, 0.5) is 0 Å². The Hall–Kier alpha value is 0. The van der Waals surface area contributed by atoms with E-state index in [-0.39, 0.29) is 0 Å². The van der Waals surface area contributed by atoms with Gasteiger partial charge in [-0.3, -0.25) is 0 Å². The zero-order chi connectivity index (χ0) is 20.3. The van der Waals surface area contributed by atoms with Gasteiger partial charge in [-0.2, -0.15) is 0 Å². The standard InChI is InChI=1S/C27H56/c1-7-17-24(4)18-11-10-12-19-25(5)20-13-14-21-26(6)22-15-16-23-27(8-2)9-3/h24-27H,7-23H2,1-6H3. The van der Waals surface area contributed by atoms with Crippen molar-refractivity contribution in [2.45, 2.75) is 151 Å². The van der Waals surface area contributed by atoms with Crippen LogP contribution in [0.5, 0.6) is 0 Å². The lowest BCUT2D eigenvalue weighted by atomic mass is 9.91. The monoisotopic (exact) mass is 380 g/mol. The van der Waals surface area contributed by atoms with Crippen LogP contribution in [0.25, 0.3) is 0 Å². The predicted molar refractivity (Wildman–Crippen MR) is 126 cm³/mol. The second-order valence-corrected chi connectivity index (χ2v) is 9.99. The number of rotatable bonds is 20. The summed E-state index contributed by atoms with van der Waals surface area (Å²) in [7, 11) is 0. The average Bonchev–Trinajstić information content (AvgIpc) is 2.65. The first-order chi connectivity index (χ1) is 13.0. The molecule has 3 atom stereocenters. The minimum atomic E-state index is 0.951. The molecule has 0 saturated carbocycles. The van der Waals surface area contributed by atoms with Crippen molar-refractivity contribution >= 4 is 0 Å². The van der Waals surface area contributed by atoms with Crippen molar-refractivity contribution < 1.29 is 0 Å². The first kappa shape index (κ1) is 27.0. The smallest absolute Gasteiger partial charge is 0.0420 e. The largest absolute Gasteiger partial charge is 0.0654 e. The molecule has 0 amide bonds. The minimum absolute atomic E-state index is 0.951. The molecule has 27 heavy (non-hydrogen) atoms. The topological polar surface area (TPSA) is 0 Å². The van der Waals surface area contributed by atoms with Crippen molar-refractivity contribution in [1.29, 1.82) is 0 Å². The highest BCUT2D eigenvalue weighted by atomic mass is 14.1. The van der Waals surface area contributed by atoms with Crippen LogP contribution in [0.3, 0.4) is 0 Å². The molecule has 0 aliphatic heterocycles. The van der Waals surface area contributed by atoms with Gasteiger partial charge in [0.1, 0.15) is 0 Å². The highest BCUT2D eigenvalue weighted by molar-refractivity contribution is 4.60. The highest BCUT2D eigenvalue weighted by Gasteiger charge is 2.07. The van der Waals surface area contributed by atoms with Crippen molar-refractivity contribution in [3.63, 3.8) is 0 Å². The lowest BCUT2D eigenvalue weighted by Crippen LogP contribution is -2.00. The third-order valence-corrected chi connectivity index (χ3v) is 7.03. The fourth-order valence-corrected chi connectivity index (χ4v) is 4.70. The lowest BCUT2D eigenvalue weighted by molar-refractivity contribution is 0.383. The van der Waals surface area contributed by atoms with Gasteiger partial charge < -0.3 is 0 Å². The molecule has 0 bridgehead atoms. The van der Waals surface area contributed by atoms with Gasteiger partial charge >= 0.3 is 0 Å². The average molecular weight is 381 g/mol. The molecule has 0 nitrogen and oxygen atoms in total. The third kappa shape index (κ3) is 17.8. The maximum Gasteiger partial charge on any atom is -0.0420 e. The van der Waals surface area contributed by atoms with Crippen LogP contribution in [0, 0.1) is 23.7 Å². The maximum absolute atomic E-state index is 2.49. The van der Waals surface area contributed by atoms with Gasteiger partial charge in [0, 0.05) is 0 Å². The van der Waals surface area contributed by atoms with Gasteiger partial charge in [0.2, 0.25) is 0 Å². The Bertz CT molecular complexity index is 278. The van der Waals surface area contributed by atoms with E-state index >= 15 is 0 Å². The van der Waals surface area contributed by atoms with E-state index in [9.17, 15) is 0 Å². The van der Waals surface area contributed by atoms with Crippen LogP contribution in [-0.2, 0) is 0 Å². The van der Waals surface area contributed by atoms with E-state index in [0.29, 0.717) is 0 Å². The van der Waals surface area contributed by atoms with Crippen molar-refractivity contribution in [3.8, 4) is 0 Å². The second kappa shape index (κ2) is 19.3.